The molecule has 2 aromatic carbocycles. The lowest BCUT2D eigenvalue weighted by molar-refractivity contribution is -0.123. The summed E-state index contributed by atoms with van der Waals surface area (Å²) in [7, 11) is -2.32. The molecule has 2 heterocycles. The second-order valence-corrected chi connectivity index (χ2v) is 10.2. The van der Waals surface area contributed by atoms with Crippen LogP contribution >= 0.6 is 0 Å². The van der Waals surface area contributed by atoms with Gasteiger partial charge in [0, 0.05) is 30.9 Å². The van der Waals surface area contributed by atoms with Crippen molar-refractivity contribution in [2.45, 2.75) is 37.7 Å². The molecule has 9 nitrogen and oxygen atoms in total. The Balaban J connectivity index is 1.53. The molecule has 0 aliphatic carbocycles. The predicted octanol–water partition coefficient (Wildman–Crippen LogP) is 2.76. The van der Waals surface area contributed by atoms with Gasteiger partial charge in [0.25, 0.3) is 5.91 Å². The average Bonchev–Trinajstić information content (AvgIpc) is 2.80. The number of amides is 2. The Morgan fingerprint density at radius 2 is 2.06 bits per heavy atom. The van der Waals surface area contributed by atoms with Gasteiger partial charge in [-0.2, -0.15) is 4.31 Å². The number of sulfonamides is 1. The van der Waals surface area contributed by atoms with Crippen LogP contribution in [0.15, 0.2) is 41.3 Å². The summed E-state index contributed by atoms with van der Waals surface area (Å²) < 4.78 is 39.1. The number of benzene rings is 2. The van der Waals surface area contributed by atoms with Crippen molar-refractivity contribution in [3.05, 3.63) is 42.0 Å². The number of nitrogens with one attached hydrogen (secondary N) is 2. The van der Waals surface area contributed by atoms with E-state index in [2.05, 4.69) is 10.6 Å². The van der Waals surface area contributed by atoms with Gasteiger partial charge < -0.3 is 20.1 Å². The molecule has 0 unspecified atom stereocenters. The second-order valence-electron chi connectivity index (χ2n) is 8.29. The summed E-state index contributed by atoms with van der Waals surface area (Å²) >= 11 is 0. The van der Waals surface area contributed by atoms with Gasteiger partial charge in [0.05, 0.1) is 23.6 Å². The second kappa shape index (κ2) is 9.03. The molecule has 0 bridgehead atoms. The Labute approximate surface area is 193 Å². The van der Waals surface area contributed by atoms with E-state index in [-0.39, 0.29) is 23.3 Å². The summed E-state index contributed by atoms with van der Waals surface area (Å²) in [4.78, 5) is 24.8. The van der Waals surface area contributed by atoms with Crippen LogP contribution in [0.1, 0.15) is 25.3 Å². The summed E-state index contributed by atoms with van der Waals surface area (Å²) in [6.45, 7) is 3.69. The Morgan fingerprint density at radius 3 is 2.82 bits per heavy atom. The van der Waals surface area contributed by atoms with E-state index in [0.29, 0.717) is 47.8 Å². The number of nitrogens with zero attached hydrogens (tertiary/aromatic N) is 1. The van der Waals surface area contributed by atoms with E-state index in [1.807, 2.05) is 0 Å². The van der Waals surface area contributed by atoms with Crippen LogP contribution in [-0.2, 0) is 19.6 Å². The van der Waals surface area contributed by atoms with Crippen LogP contribution < -0.4 is 20.1 Å². The summed E-state index contributed by atoms with van der Waals surface area (Å²) in [5.41, 5.74) is 1.54. The first kappa shape index (κ1) is 23.1. The molecule has 0 radical (unpaired) electrons. The van der Waals surface area contributed by atoms with Crippen molar-refractivity contribution < 1.29 is 27.5 Å². The maximum atomic E-state index is 13.5. The highest BCUT2D eigenvalue weighted by Crippen LogP contribution is 2.36. The van der Waals surface area contributed by atoms with E-state index in [0.717, 1.165) is 0 Å². The molecule has 2 aliphatic heterocycles. The zero-order chi connectivity index (χ0) is 23.8. The van der Waals surface area contributed by atoms with E-state index in [9.17, 15) is 18.0 Å². The van der Waals surface area contributed by atoms with Crippen LogP contribution in [-0.4, -0.2) is 50.8 Å². The zero-order valence-electron chi connectivity index (χ0n) is 18.8. The van der Waals surface area contributed by atoms with Gasteiger partial charge in [-0.15, -0.1) is 0 Å². The maximum Gasteiger partial charge on any atom is 0.265 e. The van der Waals surface area contributed by atoms with E-state index in [4.69, 9.17) is 9.47 Å². The van der Waals surface area contributed by atoms with Crippen molar-refractivity contribution in [1.82, 2.24) is 4.31 Å². The number of hydrogen-bond acceptors (Lipinski definition) is 6. The minimum absolute atomic E-state index is 0.0860. The standard InChI is InChI=1S/C23H27N3O6S/c1-14-10-19-20(32-15(2)22(27)25-19)12-21(14)33(29,30)26-9-5-6-16(13-26)23(28)24-17-7-4-8-18(11-17)31-3/h4,7-8,10-12,15-16H,5-6,9,13H2,1-3H3,(H,24,28)(H,25,27)/t15-,16-/m1/s1. The Bertz CT molecular complexity index is 1200. The zero-order valence-corrected chi connectivity index (χ0v) is 19.6. The molecule has 33 heavy (non-hydrogen) atoms. The molecular weight excluding hydrogens is 446 g/mol. The molecule has 1 saturated heterocycles. The van der Waals surface area contributed by atoms with Gasteiger partial charge in [0.2, 0.25) is 15.9 Å². The van der Waals surface area contributed by atoms with Gasteiger partial charge in [-0.05, 0) is 50.5 Å². The number of rotatable bonds is 5. The highest BCUT2D eigenvalue weighted by Gasteiger charge is 2.35. The summed E-state index contributed by atoms with van der Waals surface area (Å²) in [5, 5.41) is 5.59. The highest BCUT2D eigenvalue weighted by molar-refractivity contribution is 7.89. The molecule has 0 aromatic heterocycles. The molecule has 2 aliphatic rings. The fourth-order valence-corrected chi connectivity index (χ4v) is 5.83. The quantitative estimate of drug-likeness (QED) is 0.690. The van der Waals surface area contributed by atoms with Crippen molar-refractivity contribution >= 4 is 33.2 Å². The van der Waals surface area contributed by atoms with Gasteiger partial charge in [-0.25, -0.2) is 8.42 Å². The molecule has 0 saturated carbocycles. The first-order valence-electron chi connectivity index (χ1n) is 10.8. The molecule has 2 N–H and O–H groups in total. The summed E-state index contributed by atoms with van der Waals surface area (Å²) in [6.07, 6.45) is 0.455. The molecule has 1 fully saturated rings. The smallest absolute Gasteiger partial charge is 0.265 e. The number of fused-ring (bicyclic) bond motifs is 1. The number of carbonyl (C=O) groups is 2. The average molecular weight is 474 g/mol. The first-order valence-corrected chi connectivity index (χ1v) is 12.2. The maximum absolute atomic E-state index is 13.5. The SMILES string of the molecule is COc1cccc(NC(=O)[C@@H]2CCCN(S(=O)(=O)c3cc4c(cc3C)NC(=O)[C@@H](C)O4)C2)c1. The summed E-state index contributed by atoms with van der Waals surface area (Å²) in [6, 6.07) is 10.1. The minimum Gasteiger partial charge on any atom is -0.497 e. The normalized spacial score (nSPS) is 20.9. The molecule has 10 heteroatoms. The molecule has 0 spiro atoms. The number of ether oxygens (including phenoxy) is 2. The Morgan fingerprint density at radius 1 is 1.27 bits per heavy atom. The van der Waals surface area contributed by atoms with Crippen LogP contribution in [0.2, 0.25) is 0 Å². The van der Waals surface area contributed by atoms with Crippen LogP contribution in [0.25, 0.3) is 0 Å². The highest BCUT2D eigenvalue weighted by atomic mass is 32.2. The van der Waals surface area contributed by atoms with E-state index < -0.39 is 22.0 Å². The first-order chi connectivity index (χ1) is 15.7. The van der Waals surface area contributed by atoms with Crippen molar-refractivity contribution in [2.24, 2.45) is 5.92 Å². The molecule has 2 atom stereocenters. The molecule has 4 rings (SSSR count). The van der Waals surface area contributed by atoms with Gasteiger partial charge in [-0.3, -0.25) is 9.59 Å². The molecule has 2 amide bonds. The lowest BCUT2D eigenvalue weighted by Gasteiger charge is -2.32. The number of methoxy groups -OCH3 is 1. The number of aryl methyl sites for hydroxylation is 1. The fraction of sp³-hybridized carbons (Fsp3) is 0.391. The van der Waals surface area contributed by atoms with Crippen LogP contribution in [0.5, 0.6) is 11.5 Å². The van der Waals surface area contributed by atoms with Crippen LogP contribution in [0.3, 0.4) is 0 Å². The van der Waals surface area contributed by atoms with E-state index >= 15 is 0 Å². The van der Waals surface area contributed by atoms with Crippen molar-refractivity contribution in [1.29, 1.82) is 0 Å². The topological polar surface area (TPSA) is 114 Å². The Hall–Kier alpha value is -3.11. The third-order valence-corrected chi connectivity index (χ3v) is 7.93. The minimum atomic E-state index is -3.87. The van der Waals surface area contributed by atoms with Gasteiger partial charge in [0.15, 0.2) is 6.10 Å². The third-order valence-electron chi connectivity index (χ3n) is 5.92. The number of hydrogen-bond donors (Lipinski definition) is 2. The molecule has 176 valence electrons. The number of carbonyl (C=O) groups excluding carboxylic acids is 2. The van der Waals surface area contributed by atoms with Crippen molar-refractivity contribution in [3.63, 3.8) is 0 Å². The lowest BCUT2D eigenvalue weighted by atomic mass is 9.98. The number of anilines is 2. The van der Waals surface area contributed by atoms with Crippen molar-refractivity contribution in [2.75, 3.05) is 30.8 Å². The van der Waals surface area contributed by atoms with Crippen LogP contribution in [0.4, 0.5) is 11.4 Å². The fourth-order valence-electron chi connectivity index (χ4n) is 4.08. The monoisotopic (exact) mass is 473 g/mol. The lowest BCUT2D eigenvalue weighted by Crippen LogP contribution is -2.44. The predicted molar refractivity (Wildman–Crippen MR) is 123 cm³/mol. The Kier molecular flexibility index (Phi) is 6.31. The van der Waals surface area contributed by atoms with Gasteiger partial charge in [0.1, 0.15) is 11.5 Å². The molecule has 2 aromatic rings. The largest absolute Gasteiger partial charge is 0.497 e. The summed E-state index contributed by atoms with van der Waals surface area (Å²) in [5.74, 6) is -0.0521. The van der Waals surface area contributed by atoms with Gasteiger partial charge >= 0.3 is 0 Å². The third kappa shape index (κ3) is 4.67. The van der Waals surface area contributed by atoms with E-state index in [1.54, 1.807) is 51.3 Å². The van der Waals surface area contributed by atoms with Crippen molar-refractivity contribution in [3.8, 4) is 11.5 Å². The molecular formula is C23H27N3O6S. The number of piperidine rings is 1. The van der Waals surface area contributed by atoms with E-state index in [1.165, 1.54) is 10.4 Å². The van der Waals surface area contributed by atoms with Crippen LogP contribution in [0, 0.1) is 12.8 Å². The van der Waals surface area contributed by atoms with Gasteiger partial charge in [-0.1, -0.05) is 6.07 Å².